The van der Waals surface area contributed by atoms with Crippen LogP contribution in [-0.2, 0) is 0 Å². The average Bonchev–Trinajstić information content (AvgIpc) is 3.14. The quantitative estimate of drug-likeness (QED) is 0.407. The van der Waals surface area contributed by atoms with Crippen molar-refractivity contribution in [2.24, 2.45) is 0 Å². The monoisotopic (exact) mass is 362 g/mol. The maximum atomic E-state index is 13.0. The molecule has 6 nitrogen and oxygen atoms in total. The summed E-state index contributed by atoms with van der Waals surface area (Å²) in [4.78, 5) is 16.0. The topological polar surface area (TPSA) is 84.3 Å². The summed E-state index contributed by atoms with van der Waals surface area (Å²) in [6.07, 6.45) is 3.10. The number of nitriles is 1. The van der Waals surface area contributed by atoms with Gasteiger partial charge in [0.25, 0.3) is 0 Å². The number of aromatic amines is 1. The van der Waals surface area contributed by atoms with Crippen LogP contribution in [-0.4, -0.2) is 32.1 Å². The average molecular weight is 362 g/mol. The molecule has 0 aliphatic rings. The number of allylic oxidation sites excluding steroid dienone is 1. The van der Waals surface area contributed by atoms with Crippen LogP contribution in [0.25, 0.3) is 17.0 Å². The highest BCUT2D eigenvalue weighted by Gasteiger charge is 2.18. The van der Waals surface area contributed by atoms with E-state index in [9.17, 15) is 10.1 Å². The normalized spacial score (nSPS) is 11.1. The van der Waals surface area contributed by atoms with Crippen LogP contribution in [0.2, 0.25) is 0 Å². The van der Waals surface area contributed by atoms with E-state index in [1.165, 1.54) is 20.3 Å². The molecule has 1 heterocycles. The first kappa shape index (κ1) is 18.1. The van der Waals surface area contributed by atoms with Gasteiger partial charge in [0.05, 0.1) is 21.3 Å². The van der Waals surface area contributed by atoms with Crippen molar-refractivity contribution in [1.29, 1.82) is 5.26 Å². The highest BCUT2D eigenvalue weighted by Crippen LogP contribution is 2.33. The van der Waals surface area contributed by atoms with Gasteiger partial charge in [-0.3, -0.25) is 4.79 Å². The Labute approximate surface area is 156 Å². The Morgan fingerprint density at radius 2 is 1.93 bits per heavy atom. The van der Waals surface area contributed by atoms with E-state index in [1.54, 1.807) is 43.6 Å². The van der Waals surface area contributed by atoms with Crippen LogP contribution in [0, 0.1) is 11.3 Å². The van der Waals surface area contributed by atoms with E-state index in [2.05, 4.69) is 4.98 Å². The number of ketones is 1. The number of nitrogens with zero attached hydrogens (tertiary/aromatic N) is 1. The van der Waals surface area contributed by atoms with E-state index in [0.29, 0.717) is 33.8 Å². The van der Waals surface area contributed by atoms with Gasteiger partial charge in [-0.05, 0) is 30.3 Å². The number of methoxy groups -OCH3 is 3. The number of hydrogen-bond donors (Lipinski definition) is 1. The van der Waals surface area contributed by atoms with Crippen molar-refractivity contribution >= 4 is 22.8 Å². The molecule has 0 saturated carbocycles. The van der Waals surface area contributed by atoms with Crippen molar-refractivity contribution in [2.75, 3.05) is 21.3 Å². The van der Waals surface area contributed by atoms with Crippen molar-refractivity contribution in [3.05, 3.63) is 59.3 Å². The van der Waals surface area contributed by atoms with Crippen LogP contribution < -0.4 is 14.2 Å². The smallest absolute Gasteiger partial charge is 0.205 e. The summed E-state index contributed by atoms with van der Waals surface area (Å²) in [6.45, 7) is 0. The second-order valence-corrected chi connectivity index (χ2v) is 5.70. The van der Waals surface area contributed by atoms with Gasteiger partial charge < -0.3 is 19.2 Å². The molecule has 1 N–H and O–H groups in total. The van der Waals surface area contributed by atoms with Crippen molar-refractivity contribution in [1.82, 2.24) is 4.98 Å². The molecule has 0 amide bonds. The largest absolute Gasteiger partial charge is 0.497 e. The summed E-state index contributed by atoms with van der Waals surface area (Å²) < 4.78 is 15.9. The zero-order valence-electron chi connectivity index (χ0n) is 15.2. The molecule has 1 aromatic heterocycles. The number of Topliss-reactive ketones (excluding diaryl/α,β-unsaturated/α-hetero) is 1. The number of aromatic nitrogens is 1. The zero-order chi connectivity index (χ0) is 19.4. The lowest BCUT2D eigenvalue weighted by molar-refractivity contribution is 0.104. The Morgan fingerprint density at radius 3 is 2.59 bits per heavy atom. The van der Waals surface area contributed by atoms with E-state index >= 15 is 0 Å². The number of carbonyl (C=O) groups excluding carboxylic acids is 1. The molecular weight excluding hydrogens is 344 g/mol. The molecule has 0 aliphatic carbocycles. The number of rotatable bonds is 6. The van der Waals surface area contributed by atoms with Crippen LogP contribution in [0.15, 0.2) is 48.2 Å². The fraction of sp³-hybridized carbons (Fsp3) is 0.143. The van der Waals surface area contributed by atoms with Crippen LogP contribution in [0.1, 0.15) is 15.9 Å². The third-order valence-corrected chi connectivity index (χ3v) is 4.23. The van der Waals surface area contributed by atoms with E-state index in [1.807, 2.05) is 12.1 Å². The Bertz CT molecular complexity index is 1070. The molecular formula is C21H18N2O4. The van der Waals surface area contributed by atoms with Gasteiger partial charge in [0.2, 0.25) is 5.78 Å². The minimum atomic E-state index is -0.387. The van der Waals surface area contributed by atoms with Crippen LogP contribution in [0.3, 0.4) is 0 Å². The summed E-state index contributed by atoms with van der Waals surface area (Å²) in [5.74, 6) is 1.23. The number of benzene rings is 2. The van der Waals surface area contributed by atoms with Gasteiger partial charge in [0.15, 0.2) is 11.5 Å². The molecule has 136 valence electrons. The first-order chi connectivity index (χ1) is 13.1. The molecule has 0 aliphatic heterocycles. The lowest BCUT2D eigenvalue weighted by Crippen LogP contribution is -2.02. The molecule has 0 unspecified atom stereocenters. The molecule has 27 heavy (non-hydrogen) atoms. The van der Waals surface area contributed by atoms with Gasteiger partial charge in [-0.15, -0.1) is 0 Å². The van der Waals surface area contributed by atoms with Gasteiger partial charge in [-0.1, -0.05) is 12.1 Å². The molecule has 0 bridgehead atoms. The summed E-state index contributed by atoms with van der Waals surface area (Å²) in [5.41, 5.74) is 1.76. The van der Waals surface area contributed by atoms with E-state index in [-0.39, 0.29) is 11.4 Å². The Kier molecular flexibility index (Phi) is 5.13. The minimum Gasteiger partial charge on any atom is -0.497 e. The Morgan fingerprint density at radius 1 is 1.11 bits per heavy atom. The van der Waals surface area contributed by atoms with Crippen molar-refractivity contribution in [2.45, 2.75) is 0 Å². The van der Waals surface area contributed by atoms with Crippen molar-refractivity contribution in [3.8, 4) is 23.3 Å². The maximum absolute atomic E-state index is 13.0. The number of nitrogens with one attached hydrogen (secondary N) is 1. The number of hydrogen-bond acceptors (Lipinski definition) is 5. The summed E-state index contributed by atoms with van der Waals surface area (Å²) in [7, 11) is 4.60. The second kappa shape index (κ2) is 7.67. The third-order valence-electron chi connectivity index (χ3n) is 4.23. The minimum absolute atomic E-state index is 0.00901. The highest BCUT2D eigenvalue weighted by molar-refractivity contribution is 6.20. The van der Waals surface area contributed by atoms with Gasteiger partial charge in [-0.25, -0.2) is 0 Å². The fourth-order valence-electron chi connectivity index (χ4n) is 2.89. The standard InChI is InChI=1S/C21H18N2O4/c1-25-15-7-8-18-16(10-15)17(12-23-18)20(24)14(11-22)9-13-5-4-6-19(26-2)21(13)27-3/h4-10,12,23H,1-3H3. The lowest BCUT2D eigenvalue weighted by atomic mass is 10.0. The fourth-order valence-corrected chi connectivity index (χ4v) is 2.89. The highest BCUT2D eigenvalue weighted by atomic mass is 16.5. The van der Waals surface area contributed by atoms with E-state index < -0.39 is 0 Å². The van der Waals surface area contributed by atoms with Gasteiger partial charge in [-0.2, -0.15) is 5.26 Å². The molecule has 3 aromatic rings. The van der Waals surface area contributed by atoms with Crippen LogP contribution in [0.4, 0.5) is 0 Å². The van der Waals surface area contributed by atoms with Crippen LogP contribution >= 0.6 is 0 Å². The molecule has 0 fully saturated rings. The molecule has 6 heteroatoms. The van der Waals surface area contributed by atoms with Crippen LogP contribution in [0.5, 0.6) is 17.2 Å². The predicted octanol–water partition coefficient (Wildman–Crippen LogP) is 3.98. The summed E-state index contributed by atoms with van der Waals surface area (Å²) in [6, 6.07) is 12.6. The SMILES string of the molecule is COc1ccc2[nH]cc(C(=O)C(C#N)=Cc3cccc(OC)c3OC)c2c1. The van der Waals surface area contributed by atoms with Crippen molar-refractivity contribution in [3.63, 3.8) is 0 Å². The number of ether oxygens (including phenoxy) is 3. The number of carbonyl (C=O) groups is 1. The summed E-state index contributed by atoms with van der Waals surface area (Å²) in [5, 5.41) is 10.3. The second-order valence-electron chi connectivity index (χ2n) is 5.70. The Hall–Kier alpha value is -3.72. The molecule has 2 aromatic carbocycles. The Balaban J connectivity index is 2.08. The molecule has 0 saturated heterocycles. The third kappa shape index (κ3) is 3.35. The molecule has 0 radical (unpaired) electrons. The summed E-state index contributed by atoms with van der Waals surface area (Å²) >= 11 is 0. The van der Waals surface area contributed by atoms with Crippen molar-refractivity contribution < 1.29 is 19.0 Å². The first-order valence-electron chi connectivity index (χ1n) is 8.15. The van der Waals surface area contributed by atoms with Gasteiger partial charge >= 0.3 is 0 Å². The number of H-pyrrole nitrogens is 1. The molecule has 0 atom stereocenters. The molecule has 3 rings (SSSR count). The van der Waals surface area contributed by atoms with Gasteiger partial charge in [0.1, 0.15) is 17.4 Å². The number of para-hydroxylation sites is 1. The maximum Gasteiger partial charge on any atom is 0.205 e. The van der Waals surface area contributed by atoms with E-state index in [0.717, 1.165) is 5.52 Å². The van der Waals surface area contributed by atoms with Gasteiger partial charge in [0, 0.05) is 28.2 Å². The first-order valence-corrected chi connectivity index (χ1v) is 8.15. The zero-order valence-corrected chi connectivity index (χ0v) is 15.2. The molecule has 0 spiro atoms. The lowest BCUT2D eigenvalue weighted by Gasteiger charge is -2.10. The number of fused-ring (bicyclic) bond motifs is 1. The predicted molar refractivity (Wildman–Crippen MR) is 102 cm³/mol. The van der Waals surface area contributed by atoms with E-state index in [4.69, 9.17) is 14.2 Å².